The van der Waals surface area contributed by atoms with Crippen LogP contribution in [0.4, 0.5) is 18.9 Å². The lowest BCUT2D eigenvalue weighted by molar-refractivity contribution is -0.137. The van der Waals surface area contributed by atoms with E-state index in [9.17, 15) is 18.0 Å². The van der Waals surface area contributed by atoms with Crippen LogP contribution in [0.15, 0.2) is 42.5 Å². The maximum Gasteiger partial charge on any atom is 0.416 e. The number of hydrogen-bond donors (Lipinski definition) is 0. The first-order valence-electron chi connectivity index (χ1n) is 11.0. The van der Waals surface area contributed by atoms with Gasteiger partial charge in [0.2, 0.25) is 5.91 Å². The number of anilines is 1. The van der Waals surface area contributed by atoms with E-state index in [0.717, 1.165) is 11.6 Å². The molecule has 2 aromatic carbocycles. The highest BCUT2D eigenvalue weighted by Crippen LogP contribution is 2.41. The molecule has 0 aliphatic carbocycles. The molecule has 0 fully saturated rings. The minimum Gasteiger partial charge on any atom is -0.497 e. The Kier molecular flexibility index (Phi) is 7.69. The van der Waals surface area contributed by atoms with E-state index < -0.39 is 17.7 Å². The van der Waals surface area contributed by atoms with Gasteiger partial charge in [0, 0.05) is 31.2 Å². The summed E-state index contributed by atoms with van der Waals surface area (Å²) >= 11 is 0. The lowest BCUT2D eigenvalue weighted by Crippen LogP contribution is -2.44. The normalized spacial score (nSPS) is 19.1. The van der Waals surface area contributed by atoms with Gasteiger partial charge in [-0.1, -0.05) is 12.1 Å². The number of fused-ring (bicyclic) bond motifs is 1. The molecule has 2 atom stereocenters. The summed E-state index contributed by atoms with van der Waals surface area (Å²) in [5.41, 5.74) is 1.32. The van der Waals surface area contributed by atoms with Crippen molar-refractivity contribution in [2.75, 3.05) is 59.8 Å². The number of halogens is 3. The van der Waals surface area contributed by atoms with Gasteiger partial charge in [-0.2, -0.15) is 13.2 Å². The van der Waals surface area contributed by atoms with E-state index in [2.05, 4.69) is 0 Å². The topological polar surface area (TPSA) is 36.0 Å². The van der Waals surface area contributed by atoms with E-state index in [0.29, 0.717) is 43.1 Å². The average molecular weight is 464 g/mol. The molecule has 1 aliphatic heterocycles. The number of hydrogen-bond acceptors (Lipinski definition) is 4. The minimum atomic E-state index is -4.45. The standard InChI is InChI=1S/C25H32F3N3O2/c1-29(2)12-13-31-23-11-8-19(25(26,27)28)14-18(23)15-21(22(24(31)32)16-30(3)4)17-6-9-20(33-5)10-7-17/h6-11,14,21-22H,12-13,15-16H2,1-5H3. The summed E-state index contributed by atoms with van der Waals surface area (Å²) in [6, 6.07) is 11.2. The van der Waals surface area contributed by atoms with Crippen LogP contribution in [0, 0.1) is 5.92 Å². The molecule has 180 valence electrons. The quantitative estimate of drug-likeness (QED) is 0.619. The number of nitrogens with zero attached hydrogens (tertiary/aromatic N) is 3. The first-order chi connectivity index (χ1) is 15.5. The van der Waals surface area contributed by atoms with Gasteiger partial charge in [0.05, 0.1) is 18.6 Å². The van der Waals surface area contributed by atoms with Gasteiger partial charge in [0.15, 0.2) is 0 Å². The largest absolute Gasteiger partial charge is 0.497 e. The summed E-state index contributed by atoms with van der Waals surface area (Å²) in [5.74, 6) is -0.0465. The molecule has 33 heavy (non-hydrogen) atoms. The van der Waals surface area contributed by atoms with E-state index in [4.69, 9.17) is 4.74 Å². The number of carbonyl (C=O) groups excluding carboxylic acids is 1. The highest BCUT2D eigenvalue weighted by atomic mass is 19.4. The molecule has 0 saturated carbocycles. The van der Waals surface area contributed by atoms with Gasteiger partial charge >= 0.3 is 6.18 Å². The summed E-state index contributed by atoms with van der Waals surface area (Å²) in [7, 11) is 9.21. The maximum absolute atomic E-state index is 13.9. The summed E-state index contributed by atoms with van der Waals surface area (Å²) < 4.78 is 45.9. The molecule has 1 amide bonds. The first kappa shape index (κ1) is 25.1. The summed E-state index contributed by atoms with van der Waals surface area (Å²) in [6.45, 7) is 1.51. The number of carbonyl (C=O) groups is 1. The van der Waals surface area contributed by atoms with E-state index >= 15 is 0 Å². The second-order valence-electron chi connectivity index (χ2n) is 9.09. The number of likely N-dealkylation sites (N-methyl/N-ethyl adjacent to an activating group) is 1. The molecule has 0 aromatic heterocycles. The van der Waals surface area contributed by atoms with E-state index in [1.165, 1.54) is 12.1 Å². The van der Waals surface area contributed by atoms with Crippen molar-refractivity contribution in [1.82, 2.24) is 9.80 Å². The van der Waals surface area contributed by atoms with Crippen molar-refractivity contribution in [3.63, 3.8) is 0 Å². The van der Waals surface area contributed by atoms with Gasteiger partial charge in [-0.15, -0.1) is 0 Å². The number of amides is 1. The zero-order valence-electron chi connectivity index (χ0n) is 19.8. The minimum absolute atomic E-state index is 0.0649. The molecule has 3 rings (SSSR count). The van der Waals surface area contributed by atoms with Crippen LogP contribution in [-0.2, 0) is 17.4 Å². The molecule has 0 radical (unpaired) electrons. The fraction of sp³-hybridized carbons (Fsp3) is 0.480. The van der Waals surface area contributed by atoms with Crippen LogP contribution in [0.1, 0.15) is 22.6 Å². The van der Waals surface area contributed by atoms with Crippen LogP contribution in [0.25, 0.3) is 0 Å². The monoisotopic (exact) mass is 463 g/mol. The fourth-order valence-electron chi connectivity index (χ4n) is 4.39. The Hall–Kier alpha value is -2.58. The third-order valence-corrected chi connectivity index (χ3v) is 6.08. The molecule has 2 aromatic rings. The molecule has 0 saturated heterocycles. The molecule has 2 unspecified atom stereocenters. The van der Waals surface area contributed by atoms with Gasteiger partial charge in [-0.05, 0) is 76.1 Å². The van der Waals surface area contributed by atoms with Gasteiger partial charge < -0.3 is 19.4 Å². The van der Waals surface area contributed by atoms with Crippen LogP contribution >= 0.6 is 0 Å². The van der Waals surface area contributed by atoms with Crippen molar-refractivity contribution in [3.8, 4) is 5.75 Å². The molecule has 0 bridgehead atoms. The van der Waals surface area contributed by atoms with Gasteiger partial charge in [-0.25, -0.2) is 0 Å². The highest BCUT2D eigenvalue weighted by Gasteiger charge is 2.39. The third-order valence-electron chi connectivity index (χ3n) is 6.08. The Labute approximate surface area is 193 Å². The highest BCUT2D eigenvalue weighted by molar-refractivity contribution is 5.97. The van der Waals surface area contributed by atoms with Crippen molar-refractivity contribution in [2.45, 2.75) is 18.5 Å². The second kappa shape index (κ2) is 10.1. The Morgan fingerprint density at radius 1 is 1.03 bits per heavy atom. The van der Waals surface area contributed by atoms with Crippen molar-refractivity contribution >= 4 is 11.6 Å². The van der Waals surface area contributed by atoms with Crippen LogP contribution in [0.3, 0.4) is 0 Å². The van der Waals surface area contributed by atoms with Gasteiger partial charge in [0.1, 0.15) is 5.75 Å². The van der Waals surface area contributed by atoms with Crippen LogP contribution in [0.5, 0.6) is 5.75 Å². The molecule has 8 heteroatoms. The zero-order chi connectivity index (χ0) is 24.3. The van der Waals surface area contributed by atoms with Crippen LogP contribution in [0.2, 0.25) is 0 Å². The second-order valence-corrected chi connectivity index (χ2v) is 9.09. The van der Waals surface area contributed by atoms with Crippen molar-refractivity contribution < 1.29 is 22.7 Å². The summed E-state index contributed by atoms with van der Waals surface area (Å²) in [4.78, 5) is 19.5. The fourth-order valence-corrected chi connectivity index (χ4v) is 4.39. The maximum atomic E-state index is 13.9. The molecular weight excluding hydrogens is 431 g/mol. The molecule has 0 spiro atoms. The Morgan fingerprint density at radius 3 is 2.24 bits per heavy atom. The predicted octanol–water partition coefficient (Wildman–Crippen LogP) is 4.13. The van der Waals surface area contributed by atoms with E-state index in [-0.39, 0.29) is 11.8 Å². The third kappa shape index (κ3) is 5.86. The molecule has 0 N–H and O–H groups in total. The van der Waals surface area contributed by atoms with Crippen LogP contribution < -0.4 is 9.64 Å². The van der Waals surface area contributed by atoms with Crippen molar-refractivity contribution in [3.05, 3.63) is 59.2 Å². The van der Waals surface area contributed by atoms with Crippen LogP contribution in [-0.4, -0.2) is 70.6 Å². The summed E-state index contributed by atoms with van der Waals surface area (Å²) in [6.07, 6.45) is -4.10. The lowest BCUT2D eigenvalue weighted by Gasteiger charge is -2.31. The number of alkyl halides is 3. The number of rotatable bonds is 7. The first-order valence-corrected chi connectivity index (χ1v) is 11.0. The molecule has 1 heterocycles. The zero-order valence-corrected chi connectivity index (χ0v) is 19.8. The molecule has 5 nitrogen and oxygen atoms in total. The number of benzene rings is 2. The van der Waals surface area contributed by atoms with E-state index in [1.807, 2.05) is 62.3 Å². The predicted molar refractivity (Wildman–Crippen MR) is 124 cm³/mol. The average Bonchev–Trinajstić information content (AvgIpc) is 2.86. The Balaban J connectivity index is 2.14. The lowest BCUT2D eigenvalue weighted by atomic mass is 9.81. The molecular formula is C25H32F3N3O2. The van der Waals surface area contributed by atoms with Crippen molar-refractivity contribution in [1.29, 1.82) is 0 Å². The summed E-state index contributed by atoms with van der Waals surface area (Å²) in [5, 5.41) is 0. The molecule has 1 aliphatic rings. The number of ether oxygens (including phenoxy) is 1. The van der Waals surface area contributed by atoms with Gasteiger partial charge in [-0.3, -0.25) is 4.79 Å². The van der Waals surface area contributed by atoms with Gasteiger partial charge in [0.25, 0.3) is 0 Å². The smallest absolute Gasteiger partial charge is 0.416 e. The Bertz CT molecular complexity index is 958. The van der Waals surface area contributed by atoms with Crippen molar-refractivity contribution in [2.24, 2.45) is 5.92 Å². The SMILES string of the molecule is COc1ccc(C2Cc3cc(C(F)(F)F)ccc3N(CCN(C)C)C(=O)C2CN(C)C)cc1. The Morgan fingerprint density at radius 2 is 1.70 bits per heavy atom. The number of methoxy groups -OCH3 is 1. The van der Waals surface area contributed by atoms with E-state index in [1.54, 1.807) is 12.0 Å².